The van der Waals surface area contributed by atoms with Crippen molar-refractivity contribution in [3.05, 3.63) is 70.7 Å². The van der Waals surface area contributed by atoms with Crippen molar-refractivity contribution in [3.63, 3.8) is 0 Å². The number of phenolic OH excluding ortho intramolecular Hbond substituents is 1. The highest BCUT2D eigenvalue weighted by Gasteiger charge is 2.10. The lowest BCUT2D eigenvalue weighted by Crippen LogP contribution is -1.94. The predicted octanol–water partition coefficient (Wildman–Crippen LogP) is 5.70. The molecule has 0 aliphatic rings. The average molecular weight is 340 g/mol. The SMILES string of the molecule is Cc1cc(N)cc(C)c1Oc1ccc(O)c(-c2cccc(Cl)c2)c1. The minimum atomic E-state index is 0.176. The van der Waals surface area contributed by atoms with Crippen molar-refractivity contribution in [1.82, 2.24) is 0 Å². The Hall–Kier alpha value is -2.65. The van der Waals surface area contributed by atoms with Crippen LogP contribution in [0.4, 0.5) is 5.69 Å². The normalized spacial score (nSPS) is 10.6. The molecule has 122 valence electrons. The smallest absolute Gasteiger partial charge is 0.133 e. The van der Waals surface area contributed by atoms with E-state index < -0.39 is 0 Å². The molecule has 3 aromatic rings. The molecule has 3 aromatic carbocycles. The van der Waals surface area contributed by atoms with Crippen LogP contribution in [0.3, 0.4) is 0 Å². The molecule has 3 rings (SSSR count). The van der Waals surface area contributed by atoms with Gasteiger partial charge in [0.05, 0.1) is 0 Å². The van der Waals surface area contributed by atoms with Crippen molar-refractivity contribution < 1.29 is 9.84 Å². The zero-order valence-corrected chi connectivity index (χ0v) is 14.3. The Morgan fingerprint density at radius 2 is 1.67 bits per heavy atom. The Morgan fingerprint density at radius 3 is 2.33 bits per heavy atom. The molecule has 0 aliphatic carbocycles. The molecule has 0 unspecified atom stereocenters. The van der Waals surface area contributed by atoms with E-state index in [4.69, 9.17) is 22.1 Å². The van der Waals surface area contributed by atoms with Crippen LogP contribution in [0.1, 0.15) is 11.1 Å². The molecule has 0 bridgehead atoms. The monoisotopic (exact) mass is 339 g/mol. The molecule has 0 saturated heterocycles. The first-order valence-electron chi connectivity index (χ1n) is 7.57. The Labute approximate surface area is 146 Å². The second kappa shape index (κ2) is 6.46. The third kappa shape index (κ3) is 3.31. The van der Waals surface area contributed by atoms with E-state index in [-0.39, 0.29) is 5.75 Å². The molecular weight excluding hydrogens is 322 g/mol. The number of aryl methyl sites for hydroxylation is 2. The van der Waals surface area contributed by atoms with Gasteiger partial charge in [0.15, 0.2) is 0 Å². The van der Waals surface area contributed by atoms with Gasteiger partial charge in [-0.05, 0) is 73.0 Å². The quantitative estimate of drug-likeness (QED) is 0.601. The van der Waals surface area contributed by atoms with Crippen molar-refractivity contribution in [2.24, 2.45) is 0 Å². The third-order valence-corrected chi connectivity index (χ3v) is 4.04. The van der Waals surface area contributed by atoms with Crippen LogP contribution in [0.2, 0.25) is 5.02 Å². The first-order chi connectivity index (χ1) is 11.4. The summed E-state index contributed by atoms with van der Waals surface area (Å²) in [6.07, 6.45) is 0. The number of ether oxygens (including phenoxy) is 1. The number of nitrogen functional groups attached to an aromatic ring is 1. The predicted molar refractivity (Wildman–Crippen MR) is 99.0 cm³/mol. The molecule has 0 heterocycles. The molecule has 0 aliphatic heterocycles. The first kappa shape index (κ1) is 16.2. The van der Waals surface area contributed by atoms with Gasteiger partial charge in [0, 0.05) is 16.3 Å². The number of hydrogen-bond donors (Lipinski definition) is 2. The fraction of sp³-hybridized carbons (Fsp3) is 0.100. The fourth-order valence-corrected chi connectivity index (χ4v) is 2.92. The molecule has 0 radical (unpaired) electrons. The summed E-state index contributed by atoms with van der Waals surface area (Å²) in [4.78, 5) is 0. The van der Waals surface area contributed by atoms with Crippen molar-refractivity contribution in [2.45, 2.75) is 13.8 Å². The summed E-state index contributed by atoms with van der Waals surface area (Å²) in [5.74, 6) is 1.58. The lowest BCUT2D eigenvalue weighted by atomic mass is 10.0. The van der Waals surface area contributed by atoms with Gasteiger partial charge in [-0.25, -0.2) is 0 Å². The molecule has 24 heavy (non-hydrogen) atoms. The van der Waals surface area contributed by atoms with Gasteiger partial charge < -0.3 is 15.6 Å². The van der Waals surface area contributed by atoms with E-state index in [0.717, 1.165) is 22.4 Å². The minimum absolute atomic E-state index is 0.176. The largest absolute Gasteiger partial charge is 0.507 e. The van der Waals surface area contributed by atoms with Crippen molar-refractivity contribution in [1.29, 1.82) is 0 Å². The van der Waals surface area contributed by atoms with Crippen molar-refractivity contribution >= 4 is 17.3 Å². The Bertz CT molecular complexity index is 883. The van der Waals surface area contributed by atoms with E-state index in [1.54, 1.807) is 30.3 Å². The van der Waals surface area contributed by atoms with Crippen molar-refractivity contribution in [3.8, 4) is 28.4 Å². The van der Waals surface area contributed by atoms with Crippen LogP contribution in [0.5, 0.6) is 17.2 Å². The number of benzene rings is 3. The molecule has 0 amide bonds. The van der Waals surface area contributed by atoms with E-state index in [9.17, 15) is 5.11 Å². The van der Waals surface area contributed by atoms with Gasteiger partial charge in [0.2, 0.25) is 0 Å². The molecule has 3 N–H and O–H groups in total. The lowest BCUT2D eigenvalue weighted by Gasteiger charge is -2.14. The summed E-state index contributed by atoms with van der Waals surface area (Å²) in [7, 11) is 0. The highest BCUT2D eigenvalue weighted by Crippen LogP contribution is 2.37. The average Bonchev–Trinajstić information content (AvgIpc) is 2.52. The van der Waals surface area contributed by atoms with E-state index in [1.807, 2.05) is 38.1 Å². The molecule has 0 fully saturated rings. The van der Waals surface area contributed by atoms with Gasteiger partial charge in [-0.2, -0.15) is 0 Å². The van der Waals surface area contributed by atoms with Gasteiger partial charge in [-0.3, -0.25) is 0 Å². The van der Waals surface area contributed by atoms with Gasteiger partial charge in [0.25, 0.3) is 0 Å². The van der Waals surface area contributed by atoms with Crippen LogP contribution >= 0.6 is 11.6 Å². The highest BCUT2D eigenvalue weighted by atomic mass is 35.5. The minimum Gasteiger partial charge on any atom is -0.507 e. The summed E-state index contributed by atoms with van der Waals surface area (Å²) in [5, 5.41) is 10.8. The summed E-state index contributed by atoms with van der Waals surface area (Å²) in [6.45, 7) is 3.91. The van der Waals surface area contributed by atoms with Crippen LogP contribution < -0.4 is 10.5 Å². The summed E-state index contributed by atoms with van der Waals surface area (Å²) >= 11 is 6.05. The van der Waals surface area contributed by atoms with Crippen LogP contribution in [-0.4, -0.2) is 5.11 Å². The van der Waals surface area contributed by atoms with Crippen LogP contribution in [0.25, 0.3) is 11.1 Å². The maximum atomic E-state index is 10.2. The fourth-order valence-electron chi connectivity index (χ4n) is 2.73. The summed E-state index contributed by atoms with van der Waals surface area (Å²) in [5.41, 5.74) is 9.99. The van der Waals surface area contributed by atoms with Crippen molar-refractivity contribution in [2.75, 3.05) is 5.73 Å². The second-order valence-corrected chi connectivity index (χ2v) is 6.21. The van der Waals surface area contributed by atoms with Crippen LogP contribution in [0, 0.1) is 13.8 Å². The molecule has 0 spiro atoms. The third-order valence-electron chi connectivity index (χ3n) is 3.81. The number of phenols is 1. The molecule has 0 aromatic heterocycles. The number of anilines is 1. The number of nitrogens with two attached hydrogens (primary N) is 1. The van der Waals surface area contributed by atoms with Crippen LogP contribution in [-0.2, 0) is 0 Å². The Kier molecular flexibility index (Phi) is 4.36. The van der Waals surface area contributed by atoms with Gasteiger partial charge in [-0.15, -0.1) is 0 Å². The zero-order valence-electron chi connectivity index (χ0n) is 13.5. The van der Waals surface area contributed by atoms with Gasteiger partial charge in [0.1, 0.15) is 17.2 Å². The molecular formula is C20H18ClNO2. The standard InChI is InChI=1S/C20H18ClNO2/c1-12-8-16(22)9-13(2)20(12)24-17-6-7-19(23)18(11-17)14-4-3-5-15(21)10-14/h3-11,23H,22H2,1-2H3. The van der Waals surface area contributed by atoms with Gasteiger partial charge >= 0.3 is 0 Å². The van der Waals surface area contributed by atoms with Crippen LogP contribution in [0.15, 0.2) is 54.6 Å². The topological polar surface area (TPSA) is 55.5 Å². The van der Waals surface area contributed by atoms with E-state index >= 15 is 0 Å². The molecule has 0 saturated carbocycles. The first-order valence-corrected chi connectivity index (χ1v) is 7.95. The zero-order chi connectivity index (χ0) is 17.3. The van der Waals surface area contributed by atoms with E-state index in [1.165, 1.54) is 0 Å². The van der Waals surface area contributed by atoms with Gasteiger partial charge in [-0.1, -0.05) is 23.7 Å². The molecule has 3 nitrogen and oxygen atoms in total. The summed E-state index contributed by atoms with van der Waals surface area (Å²) in [6, 6.07) is 16.2. The van der Waals surface area contributed by atoms with E-state index in [2.05, 4.69) is 0 Å². The summed E-state index contributed by atoms with van der Waals surface area (Å²) < 4.78 is 6.04. The number of rotatable bonds is 3. The second-order valence-electron chi connectivity index (χ2n) is 5.78. The van der Waals surface area contributed by atoms with E-state index in [0.29, 0.717) is 22.0 Å². The maximum absolute atomic E-state index is 10.2. The lowest BCUT2D eigenvalue weighted by molar-refractivity contribution is 0.463. The number of halogens is 1. The maximum Gasteiger partial charge on any atom is 0.133 e. The molecule has 0 atom stereocenters. The molecule has 4 heteroatoms. The highest BCUT2D eigenvalue weighted by molar-refractivity contribution is 6.30. The number of aromatic hydroxyl groups is 1. The Morgan fingerprint density at radius 1 is 0.958 bits per heavy atom. The Balaban J connectivity index is 2.01. The number of hydrogen-bond acceptors (Lipinski definition) is 3.